The Morgan fingerprint density at radius 1 is 0.913 bits per heavy atom. The van der Waals surface area contributed by atoms with Gasteiger partial charge in [-0.25, -0.2) is 13.2 Å². The molecule has 10 heteroatoms. The van der Waals surface area contributed by atoms with Gasteiger partial charge in [-0.3, -0.25) is 9.59 Å². The number of fused-ring (bicyclic) bond motifs is 1. The van der Waals surface area contributed by atoms with E-state index in [1.807, 2.05) is 45.9 Å². The molecule has 1 aliphatic carbocycles. The average Bonchev–Trinajstić information content (AvgIpc) is 3.58. The predicted molar refractivity (Wildman–Crippen MR) is 176 cm³/mol. The molecule has 6 nitrogen and oxygen atoms in total. The maximum absolute atomic E-state index is 14.4. The van der Waals surface area contributed by atoms with Gasteiger partial charge in [0.25, 0.3) is 5.56 Å². The third-order valence-corrected chi connectivity index (χ3v) is 9.61. The van der Waals surface area contributed by atoms with Crippen molar-refractivity contribution in [3.63, 3.8) is 0 Å². The van der Waals surface area contributed by atoms with Crippen molar-refractivity contribution in [2.24, 2.45) is 0 Å². The van der Waals surface area contributed by atoms with Crippen molar-refractivity contribution < 1.29 is 18.0 Å². The van der Waals surface area contributed by atoms with Crippen LogP contribution in [0.3, 0.4) is 0 Å². The first kappa shape index (κ1) is 33.5. The van der Waals surface area contributed by atoms with Crippen LogP contribution in [0.1, 0.15) is 48.2 Å². The van der Waals surface area contributed by atoms with E-state index in [2.05, 4.69) is 23.7 Å². The first-order chi connectivity index (χ1) is 22.3. The first-order valence-electron chi connectivity index (χ1n) is 15.7. The van der Waals surface area contributed by atoms with Crippen molar-refractivity contribution in [3.8, 4) is 11.1 Å². The first-order valence-corrected chi connectivity index (χ1v) is 16.7. The number of hydrogen-bond donors (Lipinski definition) is 0. The quantitative estimate of drug-likeness (QED) is 0.111. The standard InChI is InChI=1S/C36H39F3N4O2S/c1-3-41(4-2)19-20-42(22-26-13-17-28(18-14-26)27-15-11-25(21-37)12-16-27)33(44)23-43-32-10-6-8-30(32)35(45)40-36(43)46-24-29-7-5-9-31(38)34(29)39/h5,7,9,11-18H,3-4,6,8,10,19-24H2,1-2H3. The molecule has 1 aromatic heterocycles. The number of benzene rings is 3. The van der Waals surface area contributed by atoms with E-state index in [-0.39, 0.29) is 29.3 Å². The smallest absolute Gasteiger partial charge is 0.277 e. The number of halogens is 3. The van der Waals surface area contributed by atoms with Crippen LogP contribution >= 0.6 is 11.8 Å². The second-order valence-corrected chi connectivity index (χ2v) is 12.4. The largest absolute Gasteiger partial charge is 0.336 e. The van der Waals surface area contributed by atoms with Crippen LogP contribution in [0.2, 0.25) is 0 Å². The SMILES string of the molecule is CCN(CC)CCN(Cc1ccc(-c2ccc(CF)cc2)cc1)C(=O)Cn1c(SCc2cccc(F)c2F)nc(=O)c2c1CCC2. The third-order valence-electron chi connectivity index (χ3n) is 8.58. The molecular formula is C36H39F3N4O2S. The molecule has 5 rings (SSSR count). The van der Waals surface area contributed by atoms with Crippen LogP contribution in [0.25, 0.3) is 11.1 Å². The van der Waals surface area contributed by atoms with E-state index in [0.717, 1.165) is 59.7 Å². The summed E-state index contributed by atoms with van der Waals surface area (Å²) < 4.78 is 43.1. The fourth-order valence-corrected chi connectivity index (χ4v) is 6.79. The lowest BCUT2D eigenvalue weighted by Crippen LogP contribution is -2.40. The van der Waals surface area contributed by atoms with E-state index in [9.17, 15) is 22.8 Å². The lowest BCUT2D eigenvalue weighted by molar-refractivity contribution is -0.132. The summed E-state index contributed by atoms with van der Waals surface area (Å²) in [7, 11) is 0. The molecular weight excluding hydrogens is 609 g/mol. The lowest BCUT2D eigenvalue weighted by atomic mass is 10.0. The van der Waals surface area contributed by atoms with Gasteiger partial charge in [-0.2, -0.15) is 4.98 Å². The number of likely N-dealkylation sites (N-methyl/N-ethyl adjacent to an activating group) is 1. The second-order valence-electron chi connectivity index (χ2n) is 11.4. The lowest BCUT2D eigenvalue weighted by Gasteiger charge is -2.28. The molecule has 0 atom stereocenters. The minimum atomic E-state index is -0.931. The van der Waals surface area contributed by atoms with Crippen LogP contribution in [0.5, 0.6) is 0 Å². The van der Waals surface area contributed by atoms with Crippen LogP contribution in [0.4, 0.5) is 13.2 Å². The van der Waals surface area contributed by atoms with Gasteiger partial charge < -0.3 is 14.4 Å². The highest BCUT2D eigenvalue weighted by molar-refractivity contribution is 7.98. The predicted octanol–water partition coefficient (Wildman–Crippen LogP) is 6.81. The van der Waals surface area contributed by atoms with E-state index in [1.165, 1.54) is 12.1 Å². The van der Waals surface area contributed by atoms with E-state index in [0.29, 0.717) is 48.8 Å². The molecule has 0 radical (unpaired) electrons. The molecule has 0 bridgehead atoms. The van der Waals surface area contributed by atoms with Crippen LogP contribution in [-0.2, 0) is 43.2 Å². The normalized spacial score (nSPS) is 12.5. The van der Waals surface area contributed by atoms with Gasteiger partial charge in [0.1, 0.15) is 13.2 Å². The molecule has 1 heterocycles. The van der Waals surface area contributed by atoms with Crippen molar-refractivity contribution >= 4 is 17.7 Å². The Hall–Kier alpha value is -3.89. The molecule has 0 saturated carbocycles. The Morgan fingerprint density at radius 2 is 1.59 bits per heavy atom. The monoisotopic (exact) mass is 648 g/mol. The highest BCUT2D eigenvalue weighted by Crippen LogP contribution is 2.28. The number of amides is 1. The van der Waals surface area contributed by atoms with Crippen molar-refractivity contribution in [2.75, 3.05) is 26.2 Å². The highest BCUT2D eigenvalue weighted by Gasteiger charge is 2.25. The maximum atomic E-state index is 14.4. The minimum absolute atomic E-state index is 0.0131. The Balaban J connectivity index is 1.39. The fraction of sp³-hybridized carbons (Fsp3) is 0.361. The molecule has 46 heavy (non-hydrogen) atoms. The molecule has 0 N–H and O–H groups in total. The van der Waals surface area contributed by atoms with Crippen LogP contribution in [0.15, 0.2) is 76.7 Å². The second kappa shape index (κ2) is 15.6. The molecule has 1 aliphatic rings. The third kappa shape index (κ3) is 7.90. The molecule has 0 spiro atoms. The van der Waals surface area contributed by atoms with Gasteiger partial charge in [0.2, 0.25) is 5.91 Å². The Morgan fingerprint density at radius 3 is 2.24 bits per heavy atom. The molecule has 1 amide bonds. The molecule has 242 valence electrons. The summed E-state index contributed by atoms with van der Waals surface area (Å²) in [5.74, 6) is -1.90. The van der Waals surface area contributed by atoms with Crippen molar-refractivity contribution in [1.29, 1.82) is 0 Å². The van der Waals surface area contributed by atoms with Crippen LogP contribution < -0.4 is 5.56 Å². The molecule has 0 saturated heterocycles. The summed E-state index contributed by atoms with van der Waals surface area (Å²) in [6, 6.07) is 19.4. The number of thioether (sulfide) groups is 1. The number of hydrogen-bond acceptors (Lipinski definition) is 5. The van der Waals surface area contributed by atoms with Crippen molar-refractivity contribution in [1.82, 2.24) is 19.4 Å². The topological polar surface area (TPSA) is 58.4 Å². The van der Waals surface area contributed by atoms with E-state index >= 15 is 0 Å². The minimum Gasteiger partial charge on any atom is -0.336 e. The summed E-state index contributed by atoms with van der Waals surface area (Å²) in [5.41, 5.74) is 4.85. The molecule has 0 unspecified atom stereocenters. The Labute approximate surface area is 272 Å². The van der Waals surface area contributed by atoms with Gasteiger partial charge in [0, 0.05) is 42.2 Å². The number of carbonyl (C=O) groups excluding carboxylic acids is 1. The Bertz CT molecular complexity index is 1710. The van der Waals surface area contributed by atoms with E-state index in [1.54, 1.807) is 12.1 Å². The van der Waals surface area contributed by atoms with Gasteiger partial charge >= 0.3 is 0 Å². The van der Waals surface area contributed by atoms with Crippen LogP contribution in [-0.4, -0.2) is 51.4 Å². The Kier molecular flexibility index (Phi) is 11.4. The van der Waals surface area contributed by atoms with E-state index in [4.69, 9.17) is 0 Å². The number of nitrogens with zero attached hydrogens (tertiary/aromatic N) is 4. The van der Waals surface area contributed by atoms with Gasteiger partial charge in [0.05, 0.1) is 0 Å². The highest BCUT2D eigenvalue weighted by atomic mass is 32.2. The zero-order chi connectivity index (χ0) is 32.6. The molecule has 4 aromatic rings. The number of carbonyl (C=O) groups is 1. The van der Waals surface area contributed by atoms with E-state index < -0.39 is 18.3 Å². The average molecular weight is 649 g/mol. The summed E-state index contributed by atoms with van der Waals surface area (Å²) in [6.45, 7) is 7.02. The zero-order valence-electron chi connectivity index (χ0n) is 26.3. The van der Waals surface area contributed by atoms with Crippen LogP contribution in [0, 0.1) is 11.6 Å². The summed E-state index contributed by atoms with van der Waals surface area (Å²) in [6.07, 6.45) is 2.05. The maximum Gasteiger partial charge on any atom is 0.277 e. The van der Waals surface area contributed by atoms with Gasteiger partial charge in [0.15, 0.2) is 16.8 Å². The fourth-order valence-electron chi connectivity index (χ4n) is 5.80. The van der Waals surface area contributed by atoms with Gasteiger partial charge in [-0.1, -0.05) is 86.3 Å². The zero-order valence-corrected chi connectivity index (χ0v) is 27.1. The summed E-state index contributed by atoms with van der Waals surface area (Å²) >= 11 is 1.13. The van der Waals surface area contributed by atoms with Crippen molar-refractivity contribution in [3.05, 3.63) is 117 Å². The number of rotatable bonds is 14. The van der Waals surface area contributed by atoms with Gasteiger partial charge in [-0.15, -0.1) is 0 Å². The van der Waals surface area contributed by atoms with Gasteiger partial charge in [-0.05, 0) is 60.7 Å². The molecule has 0 fully saturated rings. The molecule has 3 aromatic carbocycles. The van der Waals surface area contributed by atoms with Crippen molar-refractivity contribution in [2.45, 2.75) is 63.8 Å². The molecule has 0 aliphatic heterocycles. The summed E-state index contributed by atoms with van der Waals surface area (Å²) in [4.78, 5) is 35.4. The summed E-state index contributed by atoms with van der Waals surface area (Å²) in [5, 5.41) is 0.328. The number of alkyl halides is 1. The number of aromatic nitrogens is 2.